The summed E-state index contributed by atoms with van der Waals surface area (Å²) in [6.07, 6.45) is 1.94. The van der Waals surface area contributed by atoms with E-state index in [0.29, 0.717) is 5.75 Å². The summed E-state index contributed by atoms with van der Waals surface area (Å²) in [7, 11) is 0. The number of ether oxygens (including phenoxy) is 1. The standard InChI is InChI=1S/C20H22N2O3/c23-19(15-25-17-10-5-2-6-11-17)21-14-20(24)22-13-7-12-18(22)16-8-3-1-4-9-16/h1-6,8-11,18H,7,12-15H2,(H,21,23). The van der Waals surface area contributed by atoms with Crippen molar-refractivity contribution in [3.63, 3.8) is 0 Å². The minimum Gasteiger partial charge on any atom is -0.484 e. The summed E-state index contributed by atoms with van der Waals surface area (Å²) in [6.45, 7) is 0.633. The van der Waals surface area contributed by atoms with Gasteiger partial charge in [0.25, 0.3) is 5.91 Å². The van der Waals surface area contributed by atoms with E-state index in [9.17, 15) is 9.59 Å². The lowest BCUT2D eigenvalue weighted by Gasteiger charge is -2.25. The van der Waals surface area contributed by atoms with Crippen molar-refractivity contribution in [3.8, 4) is 5.75 Å². The summed E-state index contributed by atoms with van der Waals surface area (Å²) in [4.78, 5) is 26.2. The second-order valence-corrected chi connectivity index (χ2v) is 6.03. The minimum atomic E-state index is -0.298. The van der Waals surface area contributed by atoms with Gasteiger partial charge in [0.1, 0.15) is 5.75 Å². The molecule has 0 aromatic heterocycles. The van der Waals surface area contributed by atoms with Gasteiger partial charge >= 0.3 is 0 Å². The predicted octanol–water partition coefficient (Wildman–Crippen LogP) is 2.55. The van der Waals surface area contributed by atoms with Crippen LogP contribution < -0.4 is 10.1 Å². The topological polar surface area (TPSA) is 58.6 Å². The summed E-state index contributed by atoms with van der Waals surface area (Å²) in [5.41, 5.74) is 1.15. The molecule has 1 atom stereocenters. The Morgan fingerprint density at radius 3 is 2.44 bits per heavy atom. The third-order valence-electron chi connectivity index (χ3n) is 4.31. The Morgan fingerprint density at radius 1 is 1.04 bits per heavy atom. The molecule has 2 aromatic carbocycles. The van der Waals surface area contributed by atoms with Gasteiger partial charge in [-0.05, 0) is 30.5 Å². The molecule has 0 radical (unpaired) electrons. The van der Waals surface area contributed by atoms with E-state index in [1.54, 1.807) is 12.1 Å². The number of benzene rings is 2. The lowest BCUT2D eigenvalue weighted by molar-refractivity contribution is -0.134. The smallest absolute Gasteiger partial charge is 0.258 e. The van der Waals surface area contributed by atoms with Gasteiger partial charge in [-0.1, -0.05) is 48.5 Å². The highest BCUT2D eigenvalue weighted by Gasteiger charge is 2.29. The van der Waals surface area contributed by atoms with Gasteiger partial charge < -0.3 is 15.0 Å². The highest BCUT2D eigenvalue weighted by molar-refractivity contribution is 5.85. The second-order valence-electron chi connectivity index (χ2n) is 6.03. The van der Waals surface area contributed by atoms with Crippen molar-refractivity contribution in [2.24, 2.45) is 0 Å². The normalized spacial score (nSPS) is 16.5. The SMILES string of the molecule is O=C(COc1ccccc1)NCC(=O)N1CCCC1c1ccccc1. The van der Waals surface area contributed by atoms with Crippen LogP contribution >= 0.6 is 0 Å². The molecular formula is C20H22N2O3. The van der Waals surface area contributed by atoms with Crippen LogP contribution in [0.3, 0.4) is 0 Å². The molecule has 1 unspecified atom stereocenters. The van der Waals surface area contributed by atoms with Gasteiger partial charge in [-0.15, -0.1) is 0 Å². The Labute approximate surface area is 147 Å². The first-order chi connectivity index (χ1) is 12.2. The fourth-order valence-corrected chi connectivity index (χ4v) is 3.08. The zero-order chi connectivity index (χ0) is 17.5. The first-order valence-electron chi connectivity index (χ1n) is 8.53. The van der Waals surface area contributed by atoms with Gasteiger partial charge in [-0.3, -0.25) is 9.59 Å². The molecule has 1 aliphatic rings. The van der Waals surface area contributed by atoms with Crippen molar-refractivity contribution in [3.05, 3.63) is 66.2 Å². The van der Waals surface area contributed by atoms with Gasteiger partial charge in [0.05, 0.1) is 12.6 Å². The molecule has 0 saturated carbocycles. The molecule has 0 spiro atoms. The lowest BCUT2D eigenvalue weighted by Crippen LogP contribution is -2.41. The quantitative estimate of drug-likeness (QED) is 0.880. The summed E-state index contributed by atoms with van der Waals surface area (Å²) < 4.78 is 5.38. The van der Waals surface area contributed by atoms with E-state index in [4.69, 9.17) is 4.74 Å². The van der Waals surface area contributed by atoms with Crippen molar-refractivity contribution in [1.82, 2.24) is 10.2 Å². The van der Waals surface area contributed by atoms with Crippen LogP contribution in [-0.2, 0) is 9.59 Å². The molecule has 1 aliphatic heterocycles. The number of hydrogen-bond donors (Lipinski definition) is 1. The molecule has 2 amide bonds. The number of nitrogens with zero attached hydrogens (tertiary/aromatic N) is 1. The highest BCUT2D eigenvalue weighted by Crippen LogP contribution is 2.31. The molecule has 25 heavy (non-hydrogen) atoms. The van der Waals surface area contributed by atoms with E-state index in [2.05, 4.69) is 5.32 Å². The first-order valence-corrected chi connectivity index (χ1v) is 8.53. The molecule has 1 saturated heterocycles. The Morgan fingerprint density at radius 2 is 1.72 bits per heavy atom. The number of para-hydroxylation sites is 1. The number of hydrogen-bond acceptors (Lipinski definition) is 3. The van der Waals surface area contributed by atoms with Gasteiger partial charge in [-0.25, -0.2) is 0 Å². The average molecular weight is 338 g/mol. The summed E-state index contributed by atoms with van der Waals surface area (Å²) in [5.74, 6) is 0.278. The maximum absolute atomic E-state index is 12.5. The first kappa shape index (κ1) is 17.0. The van der Waals surface area contributed by atoms with Gasteiger partial charge in [-0.2, -0.15) is 0 Å². The van der Waals surface area contributed by atoms with Crippen LogP contribution in [0.15, 0.2) is 60.7 Å². The number of amides is 2. The second kappa shape index (κ2) is 8.33. The molecule has 1 N–H and O–H groups in total. The van der Waals surface area contributed by atoms with Gasteiger partial charge in [0, 0.05) is 6.54 Å². The average Bonchev–Trinajstić information content (AvgIpc) is 3.16. The van der Waals surface area contributed by atoms with Crippen LogP contribution in [0, 0.1) is 0 Å². The summed E-state index contributed by atoms with van der Waals surface area (Å²) >= 11 is 0. The maximum atomic E-state index is 12.5. The number of nitrogens with one attached hydrogen (secondary N) is 1. The molecule has 0 bridgehead atoms. The number of carbonyl (C=O) groups is 2. The number of likely N-dealkylation sites (tertiary alicyclic amines) is 1. The van der Waals surface area contributed by atoms with Crippen LogP contribution in [0.25, 0.3) is 0 Å². The maximum Gasteiger partial charge on any atom is 0.258 e. The Hall–Kier alpha value is -2.82. The van der Waals surface area contributed by atoms with Crippen molar-refractivity contribution >= 4 is 11.8 Å². The molecule has 2 aromatic rings. The van der Waals surface area contributed by atoms with Crippen LogP contribution in [0.4, 0.5) is 0 Å². The van der Waals surface area contributed by atoms with Crippen molar-refractivity contribution in [1.29, 1.82) is 0 Å². The van der Waals surface area contributed by atoms with Crippen molar-refractivity contribution < 1.29 is 14.3 Å². The number of rotatable bonds is 6. The van der Waals surface area contributed by atoms with E-state index >= 15 is 0 Å². The largest absolute Gasteiger partial charge is 0.484 e. The summed E-state index contributed by atoms with van der Waals surface area (Å²) in [5, 5.41) is 2.65. The van der Waals surface area contributed by atoms with Gasteiger partial charge in [0.2, 0.25) is 5.91 Å². The lowest BCUT2D eigenvalue weighted by atomic mass is 10.0. The van der Waals surface area contributed by atoms with Crippen LogP contribution in [0.2, 0.25) is 0 Å². The molecule has 5 heteroatoms. The predicted molar refractivity (Wildman–Crippen MR) is 95.1 cm³/mol. The Kier molecular flexibility index (Phi) is 5.67. The van der Waals surface area contributed by atoms with E-state index in [1.807, 2.05) is 53.4 Å². The molecular weight excluding hydrogens is 316 g/mol. The zero-order valence-corrected chi connectivity index (χ0v) is 14.1. The highest BCUT2D eigenvalue weighted by atomic mass is 16.5. The summed E-state index contributed by atoms with van der Waals surface area (Å²) in [6, 6.07) is 19.3. The molecule has 130 valence electrons. The van der Waals surface area contributed by atoms with Crippen LogP contribution in [0.1, 0.15) is 24.4 Å². The van der Waals surface area contributed by atoms with E-state index in [1.165, 1.54) is 0 Å². The zero-order valence-electron chi connectivity index (χ0n) is 14.1. The van der Waals surface area contributed by atoms with Crippen LogP contribution in [-0.4, -0.2) is 36.4 Å². The fraction of sp³-hybridized carbons (Fsp3) is 0.300. The van der Waals surface area contributed by atoms with E-state index in [-0.39, 0.29) is 31.0 Å². The Balaban J connectivity index is 1.47. The molecule has 1 fully saturated rings. The minimum absolute atomic E-state index is 0.000314. The third kappa shape index (κ3) is 4.59. The van der Waals surface area contributed by atoms with Crippen molar-refractivity contribution in [2.45, 2.75) is 18.9 Å². The third-order valence-corrected chi connectivity index (χ3v) is 4.31. The number of carbonyl (C=O) groups excluding carboxylic acids is 2. The van der Waals surface area contributed by atoms with Gasteiger partial charge in [0.15, 0.2) is 6.61 Å². The fourth-order valence-electron chi connectivity index (χ4n) is 3.08. The van der Waals surface area contributed by atoms with Crippen LogP contribution in [0.5, 0.6) is 5.75 Å². The van der Waals surface area contributed by atoms with Crippen molar-refractivity contribution in [2.75, 3.05) is 19.7 Å². The van der Waals surface area contributed by atoms with E-state index < -0.39 is 0 Å². The monoisotopic (exact) mass is 338 g/mol. The molecule has 1 heterocycles. The molecule has 3 rings (SSSR count). The molecule has 5 nitrogen and oxygen atoms in total. The Bertz CT molecular complexity index is 703. The molecule has 0 aliphatic carbocycles. The van der Waals surface area contributed by atoms with E-state index in [0.717, 1.165) is 24.9 Å².